The molecule has 11 heteroatoms. The number of benzene rings is 1. The van der Waals surface area contributed by atoms with E-state index < -0.39 is 24.0 Å². The third-order valence-corrected chi connectivity index (χ3v) is 4.83. The molecule has 0 saturated carbocycles. The number of aromatic carboxylic acids is 1. The lowest BCUT2D eigenvalue weighted by atomic mass is 10.2. The van der Waals surface area contributed by atoms with Crippen molar-refractivity contribution in [2.75, 3.05) is 18.0 Å². The molecule has 2 amide bonds. The van der Waals surface area contributed by atoms with E-state index >= 15 is 0 Å². The van der Waals surface area contributed by atoms with Gasteiger partial charge in [-0.15, -0.1) is 0 Å². The molecule has 1 aromatic carbocycles. The molecule has 2 aromatic heterocycles. The van der Waals surface area contributed by atoms with E-state index in [-0.39, 0.29) is 30.2 Å². The van der Waals surface area contributed by atoms with Crippen molar-refractivity contribution >= 4 is 23.7 Å². The van der Waals surface area contributed by atoms with E-state index in [1.165, 1.54) is 47.1 Å². The number of rotatable bonds is 6. The van der Waals surface area contributed by atoms with Crippen molar-refractivity contribution in [1.29, 1.82) is 0 Å². The van der Waals surface area contributed by atoms with Gasteiger partial charge in [-0.1, -0.05) is 0 Å². The Morgan fingerprint density at radius 1 is 1.28 bits per heavy atom. The Labute approximate surface area is 181 Å². The Morgan fingerprint density at radius 3 is 2.75 bits per heavy atom. The van der Waals surface area contributed by atoms with Crippen molar-refractivity contribution in [2.45, 2.75) is 13.0 Å². The second-order valence-corrected chi connectivity index (χ2v) is 7.10. The summed E-state index contributed by atoms with van der Waals surface area (Å²) in [5.74, 6) is -1.92. The van der Waals surface area contributed by atoms with Crippen LogP contribution in [0.15, 0.2) is 48.9 Å². The Kier molecular flexibility index (Phi) is 5.54. The summed E-state index contributed by atoms with van der Waals surface area (Å²) in [6.45, 7) is 1.72. The van der Waals surface area contributed by atoms with Crippen LogP contribution in [0.3, 0.4) is 0 Å². The fraction of sp³-hybridized carbons (Fsp3) is 0.190. The van der Waals surface area contributed by atoms with E-state index in [0.29, 0.717) is 16.9 Å². The first kappa shape index (κ1) is 21.0. The van der Waals surface area contributed by atoms with Crippen LogP contribution in [0.1, 0.15) is 17.3 Å². The molecule has 10 nitrogen and oxygen atoms in total. The monoisotopic (exact) mass is 439 g/mol. The smallest absolute Gasteiger partial charge is 0.414 e. The highest BCUT2D eigenvalue weighted by Gasteiger charge is 2.32. The molecule has 32 heavy (non-hydrogen) atoms. The van der Waals surface area contributed by atoms with Gasteiger partial charge in [0.25, 0.3) is 0 Å². The quantitative estimate of drug-likeness (QED) is 0.603. The van der Waals surface area contributed by atoms with Gasteiger partial charge in [0, 0.05) is 24.9 Å². The van der Waals surface area contributed by atoms with E-state index in [9.17, 15) is 18.8 Å². The summed E-state index contributed by atoms with van der Waals surface area (Å²) >= 11 is 0. The zero-order chi connectivity index (χ0) is 22.8. The van der Waals surface area contributed by atoms with Crippen LogP contribution in [-0.4, -0.2) is 57.0 Å². The standard InChI is InChI=1S/C21H18FN5O5/c1-12(28)23-9-16-11-26(21(31)32-16)15-3-5-19(17(22)6-15)27-10-14(8-25-27)18-4-2-13(7-24-18)20(29)30/h2-8,10,16H,9,11H2,1H3,(H,23,28)(H,29,30)/t16-/m0/s1. The normalized spacial score (nSPS) is 15.5. The van der Waals surface area contributed by atoms with Crippen LogP contribution in [0, 0.1) is 5.82 Å². The van der Waals surface area contributed by atoms with Gasteiger partial charge in [0.05, 0.1) is 36.2 Å². The Bertz CT molecular complexity index is 1190. The molecule has 0 radical (unpaired) electrons. The molecule has 0 bridgehead atoms. The number of nitrogens with zero attached hydrogens (tertiary/aromatic N) is 4. The topological polar surface area (TPSA) is 127 Å². The highest BCUT2D eigenvalue weighted by Crippen LogP contribution is 2.26. The molecular formula is C21H18FN5O5. The van der Waals surface area contributed by atoms with Gasteiger partial charge in [-0.3, -0.25) is 14.7 Å². The van der Waals surface area contributed by atoms with E-state index in [1.54, 1.807) is 18.3 Å². The fourth-order valence-electron chi connectivity index (χ4n) is 3.22. The minimum atomic E-state index is -1.08. The number of pyridine rings is 1. The Balaban J connectivity index is 1.51. The fourth-order valence-corrected chi connectivity index (χ4v) is 3.22. The molecule has 1 saturated heterocycles. The molecule has 1 aliphatic rings. The van der Waals surface area contributed by atoms with Gasteiger partial charge in [-0.05, 0) is 30.3 Å². The lowest BCUT2D eigenvalue weighted by molar-refractivity contribution is -0.119. The molecule has 3 heterocycles. The second-order valence-electron chi connectivity index (χ2n) is 7.10. The van der Waals surface area contributed by atoms with Crippen molar-refractivity contribution in [3.05, 3.63) is 60.3 Å². The summed E-state index contributed by atoms with van der Waals surface area (Å²) in [5, 5.41) is 15.7. The zero-order valence-corrected chi connectivity index (χ0v) is 16.9. The van der Waals surface area contributed by atoms with Crippen LogP contribution in [0.25, 0.3) is 16.9 Å². The minimum Gasteiger partial charge on any atom is -0.478 e. The maximum atomic E-state index is 14.8. The summed E-state index contributed by atoms with van der Waals surface area (Å²) in [6.07, 6.45) is 3.14. The molecule has 4 rings (SSSR count). The highest BCUT2D eigenvalue weighted by molar-refractivity contribution is 5.90. The van der Waals surface area contributed by atoms with Gasteiger partial charge >= 0.3 is 12.1 Å². The number of carboxylic acid groups (broad SMARTS) is 1. The van der Waals surface area contributed by atoms with E-state index in [4.69, 9.17) is 9.84 Å². The predicted octanol–water partition coefficient (Wildman–Crippen LogP) is 2.23. The van der Waals surface area contributed by atoms with Crippen LogP contribution in [0.4, 0.5) is 14.9 Å². The number of amides is 2. The summed E-state index contributed by atoms with van der Waals surface area (Å²) < 4.78 is 21.4. The number of carbonyl (C=O) groups is 3. The Morgan fingerprint density at radius 2 is 2.09 bits per heavy atom. The lowest BCUT2D eigenvalue weighted by Crippen LogP contribution is -2.33. The van der Waals surface area contributed by atoms with Crippen LogP contribution in [0.2, 0.25) is 0 Å². The van der Waals surface area contributed by atoms with E-state index in [2.05, 4.69) is 15.4 Å². The van der Waals surface area contributed by atoms with Gasteiger partial charge < -0.3 is 15.2 Å². The summed E-state index contributed by atoms with van der Waals surface area (Å²) in [7, 11) is 0. The van der Waals surface area contributed by atoms with Crippen molar-refractivity contribution in [3.63, 3.8) is 0 Å². The predicted molar refractivity (Wildman–Crippen MR) is 110 cm³/mol. The van der Waals surface area contributed by atoms with E-state index in [0.717, 1.165) is 0 Å². The van der Waals surface area contributed by atoms with Crippen molar-refractivity contribution in [1.82, 2.24) is 20.1 Å². The molecule has 1 atom stereocenters. The molecule has 0 unspecified atom stereocenters. The average Bonchev–Trinajstić information content (AvgIpc) is 3.39. The number of nitrogens with one attached hydrogen (secondary N) is 1. The van der Waals surface area contributed by atoms with Gasteiger partial charge in [0.1, 0.15) is 11.8 Å². The number of hydrogen-bond acceptors (Lipinski definition) is 6. The van der Waals surface area contributed by atoms with Crippen LogP contribution in [0.5, 0.6) is 0 Å². The molecule has 164 valence electrons. The molecule has 0 spiro atoms. The summed E-state index contributed by atoms with van der Waals surface area (Å²) in [4.78, 5) is 39.5. The molecule has 3 aromatic rings. The maximum Gasteiger partial charge on any atom is 0.414 e. The third-order valence-electron chi connectivity index (χ3n) is 4.83. The van der Waals surface area contributed by atoms with Crippen molar-refractivity contribution < 1.29 is 28.6 Å². The molecule has 0 aliphatic carbocycles. The van der Waals surface area contributed by atoms with Crippen molar-refractivity contribution in [3.8, 4) is 16.9 Å². The SMILES string of the molecule is CC(=O)NC[C@H]1CN(c2ccc(-n3cc(-c4ccc(C(=O)O)cn4)cn3)c(F)c2)C(=O)O1. The van der Waals surface area contributed by atoms with Gasteiger partial charge in [-0.2, -0.15) is 5.10 Å². The molecule has 1 fully saturated rings. The number of carboxylic acids is 1. The van der Waals surface area contributed by atoms with Gasteiger partial charge in [0.2, 0.25) is 5.91 Å². The van der Waals surface area contributed by atoms with Gasteiger partial charge in [-0.25, -0.2) is 18.7 Å². The first-order chi connectivity index (χ1) is 15.3. The largest absolute Gasteiger partial charge is 0.478 e. The third kappa shape index (κ3) is 4.26. The molecular weight excluding hydrogens is 421 g/mol. The highest BCUT2D eigenvalue weighted by atomic mass is 19.1. The number of halogens is 1. The average molecular weight is 439 g/mol. The number of ether oxygens (including phenoxy) is 1. The number of cyclic esters (lactones) is 1. The number of carbonyl (C=O) groups excluding carboxylic acids is 2. The zero-order valence-electron chi connectivity index (χ0n) is 16.9. The molecule has 1 aliphatic heterocycles. The second kappa shape index (κ2) is 8.46. The lowest BCUT2D eigenvalue weighted by Gasteiger charge is -2.14. The summed E-state index contributed by atoms with van der Waals surface area (Å²) in [6, 6.07) is 7.23. The minimum absolute atomic E-state index is 0.0579. The van der Waals surface area contributed by atoms with Crippen LogP contribution >= 0.6 is 0 Å². The molecule has 2 N–H and O–H groups in total. The van der Waals surface area contributed by atoms with Crippen LogP contribution in [-0.2, 0) is 9.53 Å². The van der Waals surface area contributed by atoms with Gasteiger partial charge in [0.15, 0.2) is 5.82 Å². The first-order valence-corrected chi connectivity index (χ1v) is 9.58. The summed E-state index contributed by atoms with van der Waals surface area (Å²) in [5.41, 5.74) is 1.60. The maximum absolute atomic E-state index is 14.8. The Hall–Kier alpha value is -4.28. The van der Waals surface area contributed by atoms with Crippen LogP contribution < -0.4 is 10.2 Å². The number of hydrogen-bond donors (Lipinski definition) is 2. The van der Waals surface area contributed by atoms with E-state index in [1.807, 2.05) is 0 Å². The first-order valence-electron chi connectivity index (χ1n) is 9.58. The number of aromatic nitrogens is 3. The van der Waals surface area contributed by atoms with Crippen molar-refractivity contribution in [2.24, 2.45) is 0 Å². The number of anilines is 1.